The number of carbonyl (C=O) groups is 3. The van der Waals surface area contributed by atoms with Gasteiger partial charge in [-0.1, -0.05) is 58.4 Å². The molecule has 184 valence electrons. The Morgan fingerprint density at radius 3 is 2.56 bits per heavy atom. The first-order valence-electron chi connectivity index (χ1n) is 11.0. The van der Waals surface area contributed by atoms with Crippen molar-refractivity contribution < 1.29 is 23.9 Å². The minimum Gasteiger partial charge on any atom is -0.493 e. The van der Waals surface area contributed by atoms with Gasteiger partial charge in [-0.05, 0) is 65.7 Å². The van der Waals surface area contributed by atoms with Crippen molar-refractivity contribution in [2.24, 2.45) is 0 Å². The quantitative estimate of drug-likeness (QED) is 0.335. The van der Waals surface area contributed by atoms with Gasteiger partial charge in [0.2, 0.25) is 0 Å². The molecule has 36 heavy (non-hydrogen) atoms. The van der Waals surface area contributed by atoms with Crippen LogP contribution in [-0.4, -0.2) is 35.7 Å². The third-order valence-electron chi connectivity index (χ3n) is 5.42. The van der Waals surface area contributed by atoms with Crippen molar-refractivity contribution >= 4 is 56.5 Å². The highest BCUT2D eigenvalue weighted by Crippen LogP contribution is 2.36. The predicted octanol–water partition coefficient (Wildman–Crippen LogP) is 6.02. The number of imide groups is 1. The van der Waals surface area contributed by atoms with Gasteiger partial charge in [-0.3, -0.25) is 19.3 Å². The lowest BCUT2D eigenvalue weighted by Gasteiger charge is -2.13. The molecular formula is C27H23BrN2O5S. The van der Waals surface area contributed by atoms with Crippen LogP contribution in [0.2, 0.25) is 0 Å². The third-order valence-corrected chi connectivity index (χ3v) is 7.10. The highest BCUT2D eigenvalue weighted by molar-refractivity contribution is 9.10. The summed E-state index contributed by atoms with van der Waals surface area (Å²) in [7, 11) is 1.49. The number of thioether (sulfide) groups is 1. The summed E-state index contributed by atoms with van der Waals surface area (Å²) in [6.45, 7) is 1.90. The van der Waals surface area contributed by atoms with Crippen LogP contribution in [0.25, 0.3) is 6.08 Å². The van der Waals surface area contributed by atoms with Gasteiger partial charge < -0.3 is 14.8 Å². The summed E-state index contributed by atoms with van der Waals surface area (Å²) < 4.78 is 11.9. The van der Waals surface area contributed by atoms with Gasteiger partial charge in [-0.2, -0.15) is 0 Å². The van der Waals surface area contributed by atoms with E-state index >= 15 is 0 Å². The molecule has 7 nitrogen and oxygen atoms in total. The Bertz CT molecular complexity index is 1360. The number of amides is 3. The van der Waals surface area contributed by atoms with Gasteiger partial charge >= 0.3 is 0 Å². The minimum absolute atomic E-state index is 0.185. The standard InChI is InChI=1S/C27H23BrN2O5S/c1-17-7-3-6-10-21(17)29-25(31)16-35-22-12-11-18(13-23(22)34-2)14-24-26(32)30(27(33)36-24)15-19-8-4-5-9-20(19)28/h3-14H,15-16H2,1-2H3,(H,29,31)/b24-14-. The molecule has 9 heteroatoms. The molecule has 1 heterocycles. The zero-order valence-corrected chi connectivity index (χ0v) is 22.0. The fraction of sp³-hybridized carbons (Fsp3) is 0.148. The number of hydrogen-bond acceptors (Lipinski definition) is 6. The maximum atomic E-state index is 12.9. The SMILES string of the molecule is COc1cc(/C=C2\SC(=O)N(Cc3ccccc3Br)C2=O)ccc1OCC(=O)Nc1ccccc1C. The first kappa shape index (κ1) is 25.5. The molecule has 1 aliphatic heterocycles. The fourth-order valence-corrected chi connectivity index (χ4v) is 4.77. The molecule has 0 spiro atoms. The molecule has 0 aromatic heterocycles. The number of carbonyl (C=O) groups excluding carboxylic acids is 3. The van der Waals surface area contributed by atoms with Crippen molar-refractivity contribution in [1.29, 1.82) is 0 Å². The highest BCUT2D eigenvalue weighted by Gasteiger charge is 2.35. The van der Waals surface area contributed by atoms with E-state index in [-0.39, 0.29) is 30.2 Å². The van der Waals surface area contributed by atoms with Gasteiger partial charge in [0.05, 0.1) is 18.6 Å². The van der Waals surface area contributed by atoms with Crippen molar-refractivity contribution in [3.8, 4) is 11.5 Å². The second-order valence-corrected chi connectivity index (χ2v) is 9.77. The van der Waals surface area contributed by atoms with E-state index in [4.69, 9.17) is 9.47 Å². The van der Waals surface area contributed by atoms with Crippen LogP contribution in [0.15, 0.2) is 76.1 Å². The Balaban J connectivity index is 1.43. The zero-order valence-electron chi connectivity index (χ0n) is 19.6. The summed E-state index contributed by atoms with van der Waals surface area (Å²) in [5, 5.41) is 2.49. The molecule has 1 saturated heterocycles. The Kier molecular flexibility index (Phi) is 8.12. The normalized spacial score (nSPS) is 14.3. The van der Waals surface area contributed by atoms with Crippen molar-refractivity contribution in [1.82, 2.24) is 4.90 Å². The number of ether oxygens (including phenoxy) is 2. The van der Waals surface area contributed by atoms with Crippen molar-refractivity contribution in [3.63, 3.8) is 0 Å². The molecule has 0 bridgehead atoms. The summed E-state index contributed by atoms with van der Waals surface area (Å²) in [6, 6.07) is 20.0. The maximum Gasteiger partial charge on any atom is 0.293 e. The molecule has 3 aromatic rings. The van der Waals surface area contributed by atoms with Crippen LogP contribution in [0.4, 0.5) is 10.5 Å². The lowest BCUT2D eigenvalue weighted by molar-refractivity contribution is -0.123. The molecule has 1 aliphatic rings. The summed E-state index contributed by atoms with van der Waals surface area (Å²) in [6.07, 6.45) is 1.64. The van der Waals surface area contributed by atoms with Crippen LogP contribution in [0.3, 0.4) is 0 Å². The van der Waals surface area contributed by atoms with E-state index in [2.05, 4.69) is 21.2 Å². The Morgan fingerprint density at radius 1 is 1.06 bits per heavy atom. The highest BCUT2D eigenvalue weighted by atomic mass is 79.9. The van der Waals surface area contributed by atoms with Crippen LogP contribution in [0.1, 0.15) is 16.7 Å². The summed E-state index contributed by atoms with van der Waals surface area (Å²) in [4.78, 5) is 39.3. The van der Waals surface area contributed by atoms with E-state index < -0.39 is 0 Å². The van der Waals surface area contributed by atoms with Crippen LogP contribution in [0, 0.1) is 6.92 Å². The number of para-hydroxylation sites is 1. The number of nitrogens with one attached hydrogen (secondary N) is 1. The van der Waals surface area contributed by atoms with Crippen LogP contribution < -0.4 is 14.8 Å². The van der Waals surface area contributed by atoms with Crippen LogP contribution >= 0.6 is 27.7 Å². The smallest absolute Gasteiger partial charge is 0.293 e. The van der Waals surface area contributed by atoms with E-state index in [1.807, 2.05) is 55.5 Å². The zero-order chi connectivity index (χ0) is 25.7. The minimum atomic E-state index is -0.354. The predicted molar refractivity (Wildman–Crippen MR) is 144 cm³/mol. The molecular weight excluding hydrogens is 544 g/mol. The van der Waals surface area contributed by atoms with Gasteiger partial charge in [0.15, 0.2) is 18.1 Å². The van der Waals surface area contributed by atoms with E-state index in [1.54, 1.807) is 24.3 Å². The van der Waals surface area contributed by atoms with E-state index in [9.17, 15) is 14.4 Å². The number of methoxy groups -OCH3 is 1. The van der Waals surface area contributed by atoms with Gasteiger partial charge in [0.1, 0.15) is 0 Å². The number of anilines is 1. The Hall–Kier alpha value is -3.56. The second kappa shape index (κ2) is 11.5. The molecule has 0 unspecified atom stereocenters. The van der Waals surface area contributed by atoms with E-state index in [0.717, 1.165) is 33.0 Å². The first-order chi connectivity index (χ1) is 17.4. The molecule has 0 aliphatic carbocycles. The fourth-order valence-electron chi connectivity index (χ4n) is 3.52. The van der Waals surface area contributed by atoms with Crippen molar-refractivity contribution in [2.45, 2.75) is 13.5 Å². The van der Waals surface area contributed by atoms with Gasteiger partial charge in [-0.15, -0.1) is 0 Å². The largest absolute Gasteiger partial charge is 0.493 e. The third kappa shape index (κ3) is 5.98. The Morgan fingerprint density at radius 2 is 1.81 bits per heavy atom. The number of rotatable bonds is 8. The lowest BCUT2D eigenvalue weighted by atomic mass is 10.1. The molecule has 0 radical (unpaired) electrons. The van der Waals surface area contributed by atoms with Crippen LogP contribution in [-0.2, 0) is 16.1 Å². The molecule has 0 atom stereocenters. The molecule has 4 rings (SSSR count). The van der Waals surface area contributed by atoms with E-state index in [0.29, 0.717) is 22.0 Å². The average molecular weight is 567 g/mol. The number of halogens is 1. The Labute approximate surface area is 221 Å². The number of benzene rings is 3. The lowest BCUT2D eigenvalue weighted by Crippen LogP contribution is -2.27. The average Bonchev–Trinajstić information content (AvgIpc) is 3.13. The number of aryl methyl sites for hydroxylation is 1. The monoisotopic (exact) mass is 566 g/mol. The summed E-state index contributed by atoms with van der Waals surface area (Å²) >= 11 is 4.35. The van der Waals surface area contributed by atoms with Crippen LogP contribution in [0.5, 0.6) is 11.5 Å². The first-order valence-corrected chi connectivity index (χ1v) is 12.6. The second-order valence-electron chi connectivity index (χ2n) is 7.92. The molecule has 3 amide bonds. The van der Waals surface area contributed by atoms with Crippen molar-refractivity contribution in [2.75, 3.05) is 19.0 Å². The number of nitrogens with zero attached hydrogens (tertiary/aromatic N) is 1. The van der Waals surface area contributed by atoms with Gasteiger partial charge in [0, 0.05) is 10.2 Å². The van der Waals surface area contributed by atoms with Gasteiger partial charge in [-0.25, -0.2) is 0 Å². The molecule has 1 fully saturated rings. The number of hydrogen-bond donors (Lipinski definition) is 1. The topological polar surface area (TPSA) is 84.9 Å². The maximum absolute atomic E-state index is 12.9. The van der Waals surface area contributed by atoms with Crippen molar-refractivity contribution in [3.05, 3.63) is 92.8 Å². The van der Waals surface area contributed by atoms with Gasteiger partial charge in [0.25, 0.3) is 17.1 Å². The summed E-state index contributed by atoms with van der Waals surface area (Å²) in [5.74, 6) is 0.138. The molecule has 0 saturated carbocycles. The molecule has 1 N–H and O–H groups in total. The molecule has 3 aromatic carbocycles. The summed E-state index contributed by atoms with van der Waals surface area (Å²) in [5.41, 5.74) is 3.18. The van der Waals surface area contributed by atoms with E-state index in [1.165, 1.54) is 12.0 Å².